The van der Waals surface area contributed by atoms with Crippen molar-refractivity contribution in [1.29, 1.82) is 0 Å². The zero-order valence-corrected chi connectivity index (χ0v) is 15.9. The van der Waals surface area contributed by atoms with Gasteiger partial charge >= 0.3 is 0 Å². The summed E-state index contributed by atoms with van der Waals surface area (Å²) in [5, 5.41) is 6.59. The molecule has 1 aromatic rings. The summed E-state index contributed by atoms with van der Waals surface area (Å²) in [5.41, 5.74) is 1.07. The zero-order valence-electron chi connectivity index (χ0n) is 15.0. The van der Waals surface area contributed by atoms with Gasteiger partial charge in [-0.05, 0) is 5.92 Å². The van der Waals surface area contributed by atoms with Crippen molar-refractivity contribution in [2.45, 2.75) is 20.4 Å². The molecule has 2 rings (SSSR count). The zero-order chi connectivity index (χ0) is 16.8. The minimum Gasteiger partial charge on any atom is -0.354 e. The number of hydrogen-bond acceptors (Lipinski definition) is 5. The number of nitrogens with zero attached hydrogens (tertiary/aromatic N) is 5. The van der Waals surface area contributed by atoms with E-state index in [0.717, 1.165) is 55.4 Å². The van der Waals surface area contributed by atoms with Crippen LogP contribution in [0.4, 0.5) is 5.13 Å². The van der Waals surface area contributed by atoms with Gasteiger partial charge in [0.15, 0.2) is 11.1 Å². The molecule has 0 radical (unpaired) electrons. The summed E-state index contributed by atoms with van der Waals surface area (Å²) in [5.74, 6) is 1.71. The van der Waals surface area contributed by atoms with Crippen LogP contribution in [-0.2, 0) is 6.54 Å². The van der Waals surface area contributed by atoms with E-state index in [2.05, 4.69) is 44.3 Å². The normalized spacial score (nSPS) is 17.0. The summed E-state index contributed by atoms with van der Waals surface area (Å²) in [7, 11) is 5.90. The smallest absolute Gasteiger partial charge is 0.194 e. The van der Waals surface area contributed by atoms with Gasteiger partial charge < -0.3 is 15.1 Å². The van der Waals surface area contributed by atoms with Crippen LogP contribution >= 0.6 is 11.3 Å². The van der Waals surface area contributed by atoms with Crippen LogP contribution in [0, 0.1) is 5.92 Å². The van der Waals surface area contributed by atoms with E-state index in [-0.39, 0.29) is 0 Å². The van der Waals surface area contributed by atoms with E-state index in [9.17, 15) is 0 Å². The third-order valence-corrected chi connectivity index (χ3v) is 4.91. The highest BCUT2D eigenvalue weighted by Gasteiger charge is 2.20. The van der Waals surface area contributed by atoms with Crippen molar-refractivity contribution < 1.29 is 0 Å². The fraction of sp³-hybridized carbons (Fsp3) is 0.750. The monoisotopic (exact) mass is 338 g/mol. The quantitative estimate of drug-likeness (QED) is 0.652. The minimum atomic E-state index is 0.725. The fourth-order valence-electron chi connectivity index (χ4n) is 2.74. The SMILES string of the molecule is CN=C(NCc1csc(N(C)C)n1)N1CCN(CC(C)C)CC1. The van der Waals surface area contributed by atoms with E-state index < -0.39 is 0 Å². The van der Waals surface area contributed by atoms with Crippen LogP contribution in [0.5, 0.6) is 0 Å². The summed E-state index contributed by atoms with van der Waals surface area (Å²) in [6.45, 7) is 10.8. The Bertz CT molecular complexity index is 502. The fourth-order valence-corrected chi connectivity index (χ4v) is 3.50. The van der Waals surface area contributed by atoms with E-state index in [1.165, 1.54) is 6.54 Å². The first kappa shape index (κ1) is 18.0. The van der Waals surface area contributed by atoms with Crippen LogP contribution in [0.1, 0.15) is 19.5 Å². The first-order valence-electron chi connectivity index (χ1n) is 8.29. The minimum absolute atomic E-state index is 0.725. The molecule has 0 amide bonds. The molecule has 0 aromatic carbocycles. The van der Waals surface area contributed by atoms with E-state index >= 15 is 0 Å². The topological polar surface area (TPSA) is 47.0 Å². The van der Waals surface area contributed by atoms with Crippen LogP contribution in [-0.4, -0.2) is 74.6 Å². The van der Waals surface area contributed by atoms with E-state index in [1.54, 1.807) is 11.3 Å². The van der Waals surface area contributed by atoms with Crippen molar-refractivity contribution in [2.24, 2.45) is 10.9 Å². The molecule has 0 atom stereocenters. The Morgan fingerprint density at radius 2 is 2.04 bits per heavy atom. The largest absolute Gasteiger partial charge is 0.354 e. The Hall–Kier alpha value is -1.34. The second kappa shape index (κ2) is 8.49. The van der Waals surface area contributed by atoms with Crippen LogP contribution in [0.2, 0.25) is 0 Å². The lowest BCUT2D eigenvalue weighted by Gasteiger charge is -2.37. The van der Waals surface area contributed by atoms with Gasteiger partial charge in [0.05, 0.1) is 12.2 Å². The van der Waals surface area contributed by atoms with Gasteiger partial charge in [-0.25, -0.2) is 4.98 Å². The maximum atomic E-state index is 4.61. The Balaban J connectivity index is 1.81. The highest BCUT2D eigenvalue weighted by atomic mass is 32.1. The Morgan fingerprint density at radius 1 is 1.35 bits per heavy atom. The molecule has 6 nitrogen and oxygen atoms in total. The number of guanidine groups is 1. The first-order valence-corrected chi connectivity index (χ1v) is 9.17. The summed E-state index contributed by atoms with van der Waals surface area (Å²) in [6.07, 6.45) is 0. The van der Waals surface area contributed by atoms with Gasteiger partial charge in [0.2, 0.25) is 0 Å². The standard InChI is InChI=1S/C16H30N6S/c1-13(2)11-21-6-8-22(9-7-21)15(17-3)18-10-14-12-23-16(19-14)20(4)5/h12-13H,6-11H2,1-5H3,(H,17,18). The van der Waals surface area contributed by atoms with Crippen LogP contribution in [0.15, 0.2) is 10.4 Å². The number of rotatable bonds is 5. The van der Waals surface area contributed by atoms with Gasteiger partial charge in [0, 0.05) is 59.2 Å². The Labute approximate surface area is 144 Å². The van der Waals surface area contributed by atoms with Crippen LogP contribution in [0.3, 0.4) is 0 Å². The third kappa shape index (κ3) is 5.35. The number of nitrogens with one attached hydrogen (secondary N) is 1. The van der Waals surface area contributed by atoms with Gasteiger partial charge in [0.25, 0.3) is 0 Å². The second-order valence-corrected chi connectivity index (χ2v) is 7.43. The molecule has 0 spiro atoms. The van der Waals surface area contributed by atoms with E-state index in [0.29, 0.717) is 0 Å². The number of hydrogen-bond donors (Lipinski definition) is 1. The molecule has 2 heterocycles. The number of piperazine rings is 1. The lowest BCUT2D eigenvalue weighted by molar-refractivity contribution is 0.164. The maximum Gasteiger partial charge on any atom is 0.194 e. The van der Waals surface area contributed by atoms with Crippen molar-refractivity contribution in [1.82, 2.24) is 20.1 Å². The van der Waals surface area contributed by atoms with Crippen LogP contribution < -0.4 is 10.2 Å². The predicted octanol–water partition coefficient (Wildman–Crippen LogP) is 1.56. The molecular weight excluding hydrogens is 308 g/mol. The number of aromatic nitrogens is 1. The molecule has 130 valence electrons. The van der Waals surface area contributed by atoms with Crippen LogP contribution in [0.25, 0.3) is 0 Å². The van der Waals surface area contributed by atoms with Crippen molar-refractivity contribution in [3.63, 3.8) is 0 Å². The van der Waals surface area contributed by atoms with Gasteiger partial charge in [-0.1, -0.05) is 13.8 Å². The molecule has 0 saturated carbocycles. The molecule has 7 heteroatoms. The molecule has 0 bridgehead atoms. The molecule has 1 fully saturated rings. The number of aliphatic imine (C=N–C) groups is 1. The lowest BCUT2D eigenvalue weighted by Crippen LogP contribution is -2.52. The summed E-state index contributed by atoms with van der Waals surface area (Å²) >= 11 is 1.67. The predicted molar refractivity (Wildman–Crippen MR) is 99.5 cm³/mol. The molecule has 1 aliphatic rings. The molecule has 1 N–H and O–H groups in total. The summed E-state index contributed by atoms with van der Waals surface area (Å²) in [6, 6.07) is 0. The van der Waals surface area contributed by atoms with Gasteiger partial charge in [-0.3, -0.25) is 9.89 Å². The first-order chi connectivity index (χ1) is 11.0. The molecule has 1 aromatic heterocycles. The van der Waals surface area contributed by atoms with Gasteiger partial charge in [-0.2, -0.15) is 0 Å². The molecular formula is C16H30N6S. The highest BCUT2D eigenvalue weighted by molar-refractivity contribution is 7.13. The summed E-state index contributed by atoms with van der Waals surface area (Å²) < 4.78 is 0. The maximum absolute atomic E-state index is 4.61. The molecule has 0 aliphatic carbocycles. The molecule has 0 unspecified atom stereocenters. The third-order valence-electron chi connectivity index (χ3n) is 3.86. The van der Waals surface area contributed by atoms with Gasteiger partial charge in [-0.15, -0.1) is 11.3 Å². The van der Waals surface area contributed by atoms with Crippen molar-refractivity contribution >= 4 is 22.4 Å². The Morgan fingerprint density at radius 3 is 2.57 bits per heavy atom. The number of thiazole rings is 1. The lowest BCUT2D eigenvalue weighted by atomic mass is 10.2. The summed E-state index contributed by atoms with van der Waals surface area (Å²) in [4.78, 5) is 16.0. The van der Waals surface area contributed by atoms with E-state index in [1.807, 2.05) is 26.0 Å². The van der Waals surface area contributed by atoms with Crippen molar-refractivity contribution in [3.05, 3.63) is 11.1 Å². The second-order valence-electron chi connectivity index (χ2n) is 6.60. The highest BCUT2D eigenvalue weighted by Crippen LogP contribution is 2.17. The molecule has 23 heavy (non-hydrogen) atoms. The average Bonchev–Trinajstić information content (AvgIpc) is 2.98. The van der Waals surface area contributed by atoms with E-state index in [4.69, 9.17) is 0 Å². The van der Waals surface area contributed by atoms with Crippen molar-refractivity contribution in [2.75, 3.05) is 58.8 Å². The van der Waals surface area contributed by atoms with Crippen molar-refractivity contribution in [3.8, 4) is 0 Å². The molecule has 1 saturated heterocycles. The Kier molecular flexibility index (Phi) is 6.65. The molecule has 1 aliphatic heterocycles. The average molecular weight is 339 g/mol. The number of anilines is 1. The van der Waals surface area contributed by atoms with Gasteiger partial charge in [0.1, 0.15) is 0 Å².